The summed E-state index contributed by atoms with van der Waals surface area (Å²) in [6.07, 6.45) is 0. The van der Waals surface area contributed by atoms with Gasteiger partial charge >= 0.3 is 0 Å². The molecule has 0 radical (unpaired) electrons. The highest BCUT2D eigenvalue weighted by atomic mass is 35.5. The molecular formula is C17H18ClFN2O. The maximum atomic E-state index is 13.7. The number of nitrogens with one attached hydrogen (secondary N) is 1. The molecule has 2 aromatic carbocycles. The fourth-order valence-electron chi connectivity index (χ4n) is 2.13. The van der Waals surface area contributed by atoms with Gasteiger partial charge in [0.15, 0.2) is 0 Å². The topological polar surface area (TPSA) is 32.3 Å². The van der Waals surface area contributed by atoms with Gasteiger partial charge in [-0.2, -0.15) is 0 Å². The van der Waals surface area contributed by atoms with Crippen molar-refractivity contribution in [2.75, 3.05) is 18.9 Å². The van der Waals surface area contributed by atoms with Gasteiger partial charge in [0.1, 0.15) is 5.82 Å². The smallest absolute Gasteiger partial charge is 0.238 e. The molecule has 0 saturated heterocycles. The highest BCUT2D eigenvalue weighted by molar-refractivity contribution is 6.31. The largest absolute Gasteiger partial charge is 0.322 e. The Morgan fingerprint density at radius 2 is 2.00 bits per heavy atom. The number of anilines is 1. The highest BCUT2D eigenvalue weighted by Crippen LogP contribution is 2.17. The number of halogens is 2. The molecule has 0 unspecified atom stereocenters. The molecule has 2 aromatic rings. The van der Waals surface area contributed by atoms with Crippen molar-refractivity contribution in [3.63, 3.8) is 0 Å². The Hall–Kier alpha value is -1.91. The van der Waals surface area contributed by atoms with E-state index in [1.165, 1.54) is 6.07 Å². The molecule has 0 aliphatic carbocycles. The Kier molecular flexibility index (Phi) is 5.52. The Balaban J connectivity index is 1.93. The number of amides is 1. The summed E-state index contributed by atoms with van der Waals surface area (Å²) in [5.41, 5.74) is 1.95. The lowest BCUT2D eigenvalue weighted by Crippen LogP contribution is -2.30. The number of carbonyl (C=O) groups excluding carboxylic acids is 1. The zero-order chi connectivity index (χ0) is 16.1. The predicted molar refractivity (Wildman–Crippen MR) is 87.6 cm³/mol. The number of carbonyl (C=O) groups is 1. The fourth-order valence-corrected chi connectivity index (χ4v) is 2.33. The van der Waals surface area contributed by atoms with Crippen LogP contribution in [-0.4, -0.2) is 24.4 Å². The minimum atomic E-state index is -0.429. The SMILES string of the molecule is Cc1ccc(NC(=O)CN(C)Cc2ccccc2Cl)c(F)c1. The molecule has 0 saturated carbocycles. The lowest BCUT2D eigenvalue weighted by atomic mass is 10.2. The standard InChI is InChI=1S/C17H18ClFN2O/c1-12-7-8-16(15(19)9-12)20-17(22)11-21(2)10-13-5-3-4-6-14(13)18/h3-9H,10-11H2,1-2H3,(H,20,22). The number of nitrogens with zero attached hydrogens (tertiary/aromatic N) is 1. The van der Waals surface area contributed by atoms with Crippen LogP contribution in [-0.2, 0) is 11.3 Å². The van der Waals surface area contributed by atoms with Gasteiger partial charge in [-0.1, -0.05) is 35.9 Å². The van der Waals surface area contributed by atoms with Gasteiger partial charge in [0.25, 0.3) is 0 Å². The predicted octanol–water partition coefficient (Wildman–Crippen LogP) is 3.86. The van der Waals surface area contributed by atoms with Crippen LogP contribution in [0.3, 0.4) is 0 Å². The molecular weight excluding hydrogens is 303 g/mol. The van der Waals surface area contributed by atoms with E-state index >= 15 is 0 Å². The van der Waals surface area contributed by atoms with Crippen molar-refractivity contribution in [2.45, 2.75) is 13.5 Å². The summed E-state index contributed by atoms with van der Waals surface area (Å²) in [6.45, 7) is 2.49. The van der Waals surface area contributed by atoms with Gasteiger partial charge in [-0.25, -0.2) is 4.39 Å². The molecule has 0 bridgehead atoms. The second kappa shape index (κ2) is 7.38. The normalized spacial score (nSPS) is 10.8. The van der Waals surface area contributed by atoms with Crippen molar-refractivity contribution in [3.8, 4) is 0 Å². The van der Waals surface area contributed by atoms with Crippen LogP contribution in [0.4, 0.5) is 10.1 Å². The van der Waals surface area contributed by atoms with Crippen LogP contribution in [0.2, 0.25) is 5.02 Å². The summed E-state index contributed by atoms with van der Waals surface area (Å²) < 4.78 is 13.7. The van der Waals surface area contributed by atoms with Gasteiger partial charge in [0, 0.05) is 11.6 Å². The van der Waals surface area contributed by atoms with Crippen LogP contribution >= 0.6 is 11.6 Å². The van der Waals surface area contributed by atoms with Crippen LogP contribution in [0, 0.1) is 12.7 Å². The van der Waals surface area contributed by atoms with Crippen LogP contribution in [0.1, 0.15) is 11.1 Å². The number of benzene rings is 2. The van der Waals surface area contributed by atoms with Crippen LogP contribution < -0.4 is 5.32 Å². The van der Waals surface area contributed by atoms with Crippen LogP contribution in [0.5, 0.6) is 0 Å². The molecule has 0 heterocycles. The van der Waals surface area contributed by atoms with Gasteiger partial charge in [-0.15, -0.1) is 0 Å². The average Bonchev–Trinajstić information content (AvgIpc) is 2.44. The Morgan fingerprint density at radius 1 is 1.27 bits per heavy atom. The molecule has 116 valence electrons. The molecule has 1 N–H and O–H groups in total. The first-order chi connectivity index (χ1) is 10.5. The van der Waals surface area contributed by atoms with E-state index in [4.69, 9.17) is 11.6 Å². The molecule has 22 heavy (non-hydrogen) atoms. The maximum Gasteiger partial charge on any atom is 0.238 e. The van der Waals surface area contributed by atoms with Gasteiger partial charge in [-0.05, 0) is 43.3 Å². The van der Waals surface area contributed by atoms with E-state index in [9.17, 15) is 9.18 Å². The lowest BCUT2D eigenvalue weighted by Gasteiger charge is -2.17. The van der Waals surface area contributed by atoms with E-state index in [1.807, 2.05) is 36.2 Å². The quantitative estimate of drug-likeness (QED) is 0.907. The Labute approximate surface area is 134 Å². The zero-order valence-corrected chi connectivity index (χ0v) is 13.3. The molecule has 0 aromatic heterocycles. The number of hydrogen-bond donors (Lipinski definition) is 1. The minimum absolute atomic E-state index is 0.151. The number of likely N-dealkylation sites (N-methyl/N-ethyl adjacent to an activating group) is 1. The third-order valence-electron chi connectivity index (χ3n) is 3.21. The van der Waals surface area contributed by atoms with Crippen molar-refractivity contribution in [1.82, 2.24) is 4.90 Å². The van der Waals surface area contributed by atoms with Crippen molar-refractivity contribution < 1.29 is 9.18 Å². The molecule has 5 heteroatoms. The van der Waals surface area contributed by atoms with Gasteiger partial charge in [0.05, 0.1) is 12.2 Å². The second-order valence-electron chi connectivity index (χ2n) is 5.30. The second-order valence-corrected chi connectivity index (χ2v) is 5.70. The third kappa shape index (κ3) is 4.55. The average molecular weight is 321 g/mol. The first kappa shape index (κ1) is 16.5. The number of rotatable bonds is 5. The van der Waals surface area contributed by atoms with Gasteiger partial charge < -0.3 is 5.32 Å². The Bertz CT molecular complexity index is 675. The van der Waals surface area contributed by atoms with Crippen molar-refractivity contribution in [2.24, 2.45) is 0 Å². The van der Waals surface area contributed by atoms with Crippen molar-refractivity contribution in [3.05, 3.63) is 64.4 Å². The number of aryl methyl sites for hydroxylation is 1. The molecule has 0 fully saturated rings. The molecule has 0 aliphatic heterocycles. The highest BCUT2D eigenvalue weighted by Gasteiger charge is 2.11. The first-order valence-corrected chi connectivity index (χ1v) is 7.31. The third-order valence-corrected chi connectivity index (χ3v) is 3.58. The van der Waals surface area contributed by atoms with Crippen LogP contribution in [0.15, 0.2) is 42.5 Å². The summed E-state index contributed by atoms with van der Waals surface area (Å²) in [4.78, 5) is 13.8. The van der Waals surface area contributed by atoms with Crippen LogP contribution in [0.25, 0.3) is 0 Å². The van der Waals surface area contributed by atoms with E-state index < -0.39 is 5.82 Å². The number of hydrogen-bond acceptors (Lipinski definition) is 2. The van der Waals surface area contributed by atoms with Gasteiger partial charge in [-0.3, -0.25) is 9.69 Å². The molecule has 0 spiro atoms. The van der Waals surface area contributed by atoms with Crippen molar-refractivity contribution >= 4 is 23.2 Å². The molecule has 3 nitrogen and oxygen atoms in total. The fraction of sp³-hybridized carbons (Fsp3) is 0.235. The summed E-state index contributed by atoms with van der Waals surface area (Å²) in [5.74, 6) is -0.695. The minimum Gasteiger partial charge on any atom is -0.322 e. The maximum absolute atomic E-state index is 13.7. The summed E-state index contributed by atoms with van der Waals surface area (Å²) in [7, 11) is 1.81. The Morgan fingerprint density at radius 3 is 2.68 bits per heavy atom. The summed E-state index contributed by atoms with van der Waals surface area (Å²) >= 11 is 6.09. The van der Waals surface area contributed by atoms with E-state index in [0.29, 0.717) is 11.6 Å². The van der Waals surface area contributed by atoms with E-state index in [-0.39, 0.29) is 18.1 Å². The summed E-state index contributed by atoms with van der Waals surface area (Å²) in [5, 5.41) is 3.25. The van der Waals surface area contributed by atoms with Crippen molar-refractivity contribution in [1.29, 1.82) is 0 Å². The zero-order valence-electron chi connectivity index (χ0n) is 12.6. The lowest BCUT2D eigenvalue weighted by molar-refractivity contribution is -0.117. The van der Waals surface area contributed by atoms with E-state index in [1.54, 1.807) is 19.1 Å². The van der Waals surface area contributed by atoms with E-state index in [0.717, 1.165) is 11.1 Å². The van der Waals surface area contributed by atoms with Gasteiger partial charge in [0.2, 0.25) is 5.91 Å². The molecule has 2 rings (SSSR count). The molecule has 0 atom stereocenters. The molecule has 0 aliphatic rings. The first-order valence-electron chi connectivity index (χ1n) is 6.93. The summed E-state index contributed by atoms with van der Waals surface area (Å²) in [6, 6.07) is 12.2. The monoisotopic (exact) mass is 320 g/mol. The van der Waals surface area contributed by atoms with E-state index in [2.05, 4.69) is 5.32 Å². The molecule has 1 amide bonds.